The summed E-state index contributed by atoms with van der Waals surface area (Å²) in [5.74, 6) is -0.574. The Morgan fingerprint density at radius 2 is 1.86 bits per heavy atom. The molecule has 2 N–H and O–H groups in total. The molecule has 0 radical (unpaired) electrons. The number of esters is 1. The number of rotatable bonds is 8. The Kier molecular flexibility index (Phi) is 8.33. The number of allylic oxidation sites excluding steroid dienone is 1. The highest BCUT2D eigenvalue weighted by Gasteiger charge is 2.15. The van der Waals surface area contributed by atoms with Crippen molar-refractivity contribution in [2.45, 2.75) is 32.1 Å². The highest BCUT2D eigenvalue weighted by atomic mass is 16.5. The van der Waals surface area contributed by atoms with Crippen molar-refractivity contribution in [3.63, 3.8) is 0 Å². The average molecular weight is 390 g/mol. The number of nitrogens with one attached hydrogen (secondary N) is 2. The van der Waals surface area contributed by atoms with Gasteiger partial charge in [-0.15, -0.1) is 0 Å². The van der Waals surface area contributed by atoms with Crippen LogP contribution in [0.3, 0.4) is 0 Å². The second-order valence-electron chi connectivity index (χ2n) is 6.31. The maximum absolute atomic E-state index is 12.0. The first kappa shape index (κ1) is 21.3. The Morgan fingerprint density at radius 3 is 2.54 bits per heavy atom. The van der Waals surface area contributed by atoms with Gasteiger partial charge in [0.05, 0.1) is 19.8 Å². The minimum Gasteiger partial charge on any atom is -0.493 e. The summed E-state index contributed by atoms with van der Waals surface area (Å²) in [6, 6.07) is 3.90. The zero-order chi connectivity index (χ0) is 20.4. The van der Waals surface area contributed by atoms with Crippen LogP contribution in [0.4, 0.5) is 4.79 Å². The Morgan fingerprint density at radius 1 is 1.07 bits per heavy atom. The van der Waals surface area contributed by atoms with Crippen LogP contribution in [0, 0.1) is 0 Å². The predicted molar refractivity (Wildman–Crippen MR) is 103 cm³/mol. The smallest absolute Gasteiger partial charge is 0.338 e. The summed E-state index contributed by atoms with van der Waals surface area (Å²) in [4.78, 5) is 35.5. The van der Waals surface area contributed by atoms with E-state index in [0.717, 1.165) is 19.3 Å². The molecule has 1 aliphatic carbocycles. The van der Waals surface area contributed by atoms with Gasteiger partial charge in [-0.25, -0.2) is 9.59 Å². The number of imide groups is 1. The van der Waals surface area contributed by atoms with E-state index in [1.807, 2.05) is 0 Å². The third-order valence-corrected chi connectivity index (χ3v) is 4.32. The molecule has 8 heteroatoms. The number of ether oxygens (including phenoxy) is 3. The van der Waals surface area contributed by atoms with E-state index in [0.29, 0.717) is 18.0 Å². The number of benzene rings is 1. The van der Waals surface area contributed by atoms with Crippen molar-refractivity contribution in [1.82, 2.24) is 10.6 Å². The highest BCUT2D eigenvalue weighted by Crippen LogP contribution is 2.27. The Bertz CT molecular complexity index is 744. The number of amides is 3. The van der Waals surface area contributed by atoms with Crippen LogP contribution in [0.15, 0.2) is 29.8 Å². The number of methoxy groups -OCH3 is 2. The first-order valence-electron chi connectivity index (χ1n) is 9.18. The fourth-order valence-electron chi connectivity index (χ4n) is 2.85. The van der Waals surface area contributed by atoms with E-state index in [2.05, 4.69) is 16.7 Å². The van der Waals surface area contributed by atoms with Crippen molar-refractivity contribution in [2.24, 2.45) is 0 Å². The van der Waals surface area contributed by atoms with E-state index < -0.39 is 24.5 Å². The summed E-state index contributed by atoms with van der Waals surface area (Å²) in [7, 11) is 2.93. The molecule has 8 nitrogen and oxygen atoms in total. The van der Waals surface area contributed by atoms with Gasteiger partial charge in [0.25, 0.3) is 5.91 Å². The van der Waals surface area contributed by atoms with Gasteiger partial charge in [0, 0.05) is 6.54 Å². The molecule has 2 rings (SSSR count). The van der Waals surface area contributed by atoms with E-state index in [9.17, 15) is 14.4 Å². The fraction of sp³-hybridized carbons (Fsp3) is 0.450. The number of urea groups is 1. The van der Waals surface area contributed by atoms with Gasteiger partial charge in [-0.05, 0) is 50.3 Å². The van der Waals surface area contributed by atoms with Gasteiger partial charge < -0.3 is 19.5 Å². The molecule has 0 saturated carbocycles. The molecule has 28 heavy (non-hydrogen) atoms. The van der Waals surface area contributed by atoms with E-state index in [-0.39, 0.29) is 5.56 Å². The molecule has 152 valence electrons. The molecule has 1 aromatic carbocycles. The Labute approximate surface area is 164 Å². The van der Waals surface area contributed by atoms with Crippen molar-refractivity contribution >= 4 is 17.9 Å². The minimum absolute atomic E-state index is 0.204. The summed E-state index contributed by atoms with van der Waals surface area (Å²) < 4.78 is 15.1. The quantitative estimate of drug-likeness (QED) is 0.522. The molecule has 0 fully saturated rings. The van der Waals surface area contributed by atoms with Crippen molar-refractivity contribution in [2.75, 3.05) is 27.4 Å². The van der Waals surface area contributed by atoms with Crippen molar-refractivity contribution < 1.29 is 28.6 Å². The summed E-state index contributed by atoms with van der Waals surface area (Å²) in [6.45, 7) is -0.109. The SMILES string of the molecule is COc1ccc(C(=O)OCC(=O)NC(=O)NCCC2=CCCCC2)cc1OC. The zero-order valence-electron chi connectivity index (χ0n) is 16.2. The first-order chi connectivity index (χ1) is 13.5. The van der Waals surface area contributed by atoms with Crippen molar-refractivity contribution in [3.8, 4) is 11.5 Å². The highest BCUT2D eigenvalue weighted by molar-refractivity contribution is 5.97. The fourth-order valence-corrected chi connectivity index (χ4v) is 2.85. The number of carbonyl (C=O) groups is 3. The van der Waals surface area contributed by atoms with Crippen LogP contribution in [-0.4, -0.2) is 45.3 Å². The molecule has 0 aromatic heterocycles. The molecule has 1 aliphatic rings. The van der Waals surface area contributed by atoms with Gasteiger partial charge >= 0.3 is 12.0 Å². The van der Waals surface area contributed by atoms with Crippen LogP contribution in [0.5, 0.6) is 11.5 Å². The predicted octanol–water partition coefficient (Wildman–Crippen LogP) is 2.58. The first-order valence-corrected chi connectivity index (χ1v) is 9.18. The van der Waals surface area contributed by atoms with Gasteiger partial charge in [-0.2, -0.15) is 0 Å². The number of carbonyl (C=O) groups excluding carboxylic acids is 3. The third-order valence-electron chi connectivity index (χ3n) is 4.32. The van der Waals surface area contributed by atoms with Crippen molar-refractivity contribution in [1.29, 1.82) is 0 Å². The average Bonchev–Trinajstić information content (AvgIpc) is 2.72. The second-order valence-corrected chi connectivity index (χ2v) is 6.31. The van der Waals surface area contributed by atoms with Gasteiger partial charge in [0.1, 0.15) is 0 Å². The van der Waals surface area contributed by atoms with E-state index in [1.54, 1.807) is 6.07 Å². The molecule has 0 spiro atoms. The summed E-state index contributed by atoms with van der Waals surface area (Å²) in [6.07, 6.45) is 7.54. The molecule has 0 bridgehead atoms. The normalized spacial score (nSPS) is 13.1. The van der Waals surface area contributed by atoms with Gasteiger partial charge in [0.2, 0.25) is 0 Å². The lowest BCUT2D eigenvalue weighted by molar-refractivity contribution is -0.123. The third kappa shape index (κ3) is 6.61. The number of hydrogen-bond acceptors (Lipinski definition) is 6. The minimum atomic E-state index is -0.708. The number of hydrogen-bond donors (Lipinski definition) is 2. The largest absolute Gasteiger partial charge is 0.493 e. The van der Waals surface area contributed by atoms with Crippen LogP contribution < -0.4 is 20.1 Å². The van der Waals surface area contributed by atoms with Crippen LogP contribution in [-0.2, 0) is 9.53 Å². The van der Waals surface area contributed by atoms with Gasteiger partial charge in [0.15, 0.2) is 18.1 Å². The zero-order valence-corrected chi connectivity index (χ0v) is 16.2. The summed E-state index contributed by atoms with van der Waals surface area (Å²) >= 11 is 0. The standard InChI is InChI=1S/C20H26N2O6/c1-26-16-9-8-15(12-17(16)27-2)19(24)28-13-18(23)22-20(25)21-11-10-14-6-4-3-5-7-14/h6,8-9,12H,3-5,7,10-11,13H2,1-2H3,(H2,21,22,23,25). The molecule has 0 aliphatic heterocycles. The Balaban J connectivity index is 1.71. The maximum Gasteiger partial charge on any atom is 0.338 e. The summed E-state index contributed by atoms with van der Waals surface area (Å²) in [5.41, 5.74) is 1.54. The van der Waals surface area contributed by atoms with Gasteiger partial charge in [-0.3, -0.25) is 10.1 Å². The summed E-state index contributed by atoms with van der Waals surface area (Å²) in [5, 5.41) is 4.76. The monoisotopic (exact) mass is 390 g/mol. The molecule has 0 heterocycles. The molecule has 0 unspecified atom stereocenters. The van der Waals surface area contributed by atoms with E-state index in [1.165, 1.54) is 44.8 Å². The van der Waals surface area contributed by atoms with Crippen LogP contribution in [0.1, 0.15) is 42.5 Å². The molecular weight excluding hydrogens is 364 g/mol. The lowest BCUT2D eigenvalue weighted by Gasteiger charge is -2.13. The Hall–Kier alpha value is -3.03. The lowest BCUT2D eigenvalue weighted by atomic mass is 9.97. The van der Waals surface area contributed by atoms with Crippen molar-refractivity contribution in [3.05, 3.63) is 35.4 Å². The molecule has 0 saturated heterocycles. The van der Waals surface area contributed by atoms with Gasteiger partial charge in [-0.1, -0.05) is 11.6 Å². The van der Waals surface area contributed by atoms with E-state index >= 15 is 0 Å². The van der Waals surface area contributed by atoms with Crippen LogP contribution in [0.2, 0.25) is 0 Å². The van der Waals surface area contributed by atoms with Crippen LogP contribution in [0.25, 0.3) is 0 Å². The van der Waals surface area contributed by atoms with Crippen LogP contribution >= 0.6 is 0 Å². The maximum atomic E-state index is 12.0. The molecule has 0 atom stereocenters. The lowest BCUT2D eigenvalue weighted by Crippen LogP contribution is -2.41. The topological polar surface area (TPSA) is 103 Å². The molecule has 3 amide bonds. The molecular formula is C20H26N2O6. The van der Waals surface area contributed by atoms with E-state index in [4.69, 9.17) is 14.2 Å². The second kappa shape index (κ2) is 11.0. The molecule has 1 aromatic rings.